The van der Waals surface area contributed by atoms with Gasteiger partial charge >= 0.3 is 0 Å². The lowest BCUT2D eigenvalue weighted by Gasteiger charge is -2.33. The largest absolute Gasteiger partial charge is 0.507 e. The monoisotopic (exact) mass is 473 g/mol. The summed E-state index contributed by atoms with van der Waals surface area (Å²) in [5, 5.41) is 24.0. The average molecular weight is 474 g/mol. The van der Waals surface area contributed by atoms with E-state index in [1.807, 2.05) is 36.4 Å². The summed E-state index contributed by atoms with van der Waals surface area (Å²) in [7, 11) is -2.44. The molecular weight excluding hydrogens is 450 g/mol. The van der Waals surface area contributed by atoms with Gasteiger partial charge in [0.2, 0.25) is 0 Å². The highest BCUT2D eigenvalue weighted by molar-refractivity contribution is 7.92. The van der Waals surface area contributed by atoms with Crippen molar-refractivity contribution in [3.05, 3.63) is 102 Å². The smallest absolute Gasteiger partial charge is 0.261 e. The van der Waals surface area contributed by atoms with E-state index in [0.29, 0.717) is 22.1 Å². The Hall–Kier alpha value is -3.81. The fourth-order valence-corrected chi connectivity index (χ4v) is 5.53. The Balaban J connectivity index is 1.68. The molecule has 0 saturated carbocycles. The highest BCUT2D eigenvalue weighted by Crippen LogP contribution is 2.47. The Labute approximate surface area is 197 Å². The maximum Gasteiger partial charge on any atom is 0.261 e. The zero-order valence-electron chi connectivity index (χ0n) is 18.4. The molecular formula is C27H23NO5S. The summed E-state index contributed by atoms with van der Waals surface area (Å²) in [6, 6.07) is 21.9. The molecule has 3 N–H and O–H groups in total. The van der Waals surface area contributed by atoms with Gasteiger partial charge in [-0.1, -0.05) is 60.7 Å². The Kier molecular flexibility index (Phi) is 5.31. The molecule has 1 aliphatic rings. The summed E-state index contributed by atoms with van der Waals surface area (Å²) in [5.41, 5.74) is 0.450. The van der Waals surface area contributed by atoms with Gasteiger partial charge < -0.3 is 14.9 Å². The number of aromatic hydroxyl groups is 1. The lowest BCUT2D eigenvalue weighted by Crippen LogP contribution is -2.29. The molecule has 0 aromatic heterocycles. The van der Waals surface area contributed by atoms with Crippen molar-refractivity contribution in [1.29, 1.82) is 0 Å². The fraction of sp³-hybridized carbons (Fsp3) is 0.111. The van der Waals surface area contributed by atoms with Gasteiger partial charge in [-0.3, -0.25) is 4.72 Å². The molecule has 0 saturated heterocycles. The van der Waals surface area contributed by atoms with Gasteiger partial charge in [-0.2, -0.15) is 0 Å². The summed E-state index contributed by atoms with van der Waals surface area (Å²) in [6.07, 6.45) is 4.01. The van der Waals surface area contributed by atoms with Crippen LogP contribution in [0.15, 0.2) is 89.8 Å². The molecule has 0 radical (unpaired) electrons. The van der Waals surface area contributed by atoms with Crippen molar-refractivity contribution < 1.29 is 23.4 Å². The number of aliphatic hydroxyl groups is 1. The Morgan fingerprint density at radius 2 is 1.59 bits per heavy atom. The van der Waals surface area contributed by atoms with Crippen LogP contribution in [0.1, 0.15) is 23.1 Å². The minimum absolute atomic E-state index is 0.0664. The van der Waals surface area contributed by atoms with Gasteiger partial charge in [0.15, 0.2) is 0 Å². The van der Waals surface area contributed by atoms with E-state index in [4.69, 9.17) is 4.74 Å². The van der Waals surface area contributed by atoms with E-state index in [0.717, 1.165) is 5.56 Å². The number of hydrogen-bond donors (Lipinski definition) is 3. The van der Waals surface area contributed by atoms with Crippen molar-refractivity contribution in [3.63, 3.8) is 0 Å². The van der Waals surface area contributed by atoms with Crippen molar-refractivity contribution >= 4 is 32.6 Å². The summed E-state index contributed by atoms with van der Waals surface area (Å²) >= 11 is 0. The second kappa shape index (κ2) is 8.20. The van der Waals surface area contributed by atoms with E-state index in [2.05, 4.69) is 4.72 Å². The predicted molar refractivity (Wildman–Crippen MR) is 133 cm³/mol. The first-order valence-electron chi connectivity index (χ1n) is 10.7. The van der Waals surface area contributed by atoms with Gasteiger partial charge in [-0.25, -0.2) is 8.42 Å². The number of nitrogens with one attached hydrogen (secondary N) is 1. The molecule has 4 aromatic carbocycles. The molecule has 1 unspecified atom stereocenters. The third-order valence-electron chi connectivity index (χ3n) is 6.19. The number of hydrogen-bond acceptors (Lipinski definition) is 5. The van der Waals surface area contributed by atoms with Crippen molar-refractivity contribution in [2.45, 2.75) is 16.9 Å². The minimum atomic E-state index is -3.95. The van der Waals surface area contributed by atoms with E-state index in [1.54, 1.807) is 36.4 Å². The van der Waals surface area contributed by atoms with Gasteiger partial charge in [0.25, 0.3) is 10.0 Å². The Morgan fingerprint density at radius 1 is 0.912 bits per heavy atom. The topological polar surface area (TPSA) is 95.9 Å². The van der Waals surface area contributed by atoms with Crippen LogP contribution in [-0.2, 0) is 15.6 Å². The number of methoxy groups -OCH3 is 1. The number of phenolic OH excluding ortho intramolecular Hbond substituents is 1. The highest BCUT2D eigenvalue weighted by Gasteiger charge is 2.37. The first-order chi connectivity index (χ1) is 16.3. The summed E-state index contributed by atoms with van der Waals surface area (Å²) in [6.45, 7) is 0. The molecule has 172 valence electrons. The number of benzene rings is 4. The van der Waals surface area contributed by atoms with Crippen LogP contribution in [0, 0.1) is 0 Å². The molecule has 6 nitrogen and oxygen atoms in total. The van der Waals surface area contributed by atoms with Crippen LogP contribution in [0.2, 0.25) is 0 Å². The number of fused-ring (bicyclic) bond motifs is 2. The van der Waals surface area contributed by atoms with E-state index >= 15 is 0 Å². The number of anilines is 1. The molecule has 0 aliphatic heterocycles. The van der Waals surface area contributed by atoms with E-state index in [1.165, 1.54) is 25.3 Å². The van der Waals surface area contributed by atoms with Crippen molar-refractivity contribution in [2.75, 3.05) is 11.8 Å². The first kappa shape index (κ1) is 22.0. The van der Waals surface area contributed by atoms with Gasteiger partial charge in [0.05, 0.1) is 17.7 Å². The Morgan fingerprint density at radius 3 is 2.32 bits per heavy atom. The molecule has 0 spiro atoms. The predicted octanol–water partition coefficient (Wildman–Crippen LogP) is 5.01. The van der Waals surface area contributed by atoms with Gasteiger partial charge in [-0.05, 0) is 41.5 Å². The molecule has 1 atom stereocenters. The quantitative estimate of drug-likeness (QED) is 0.354. The summed E-state index contributed by atoms with van der Waals surface area (Å²) in [4.78, 5) is 0.0664. The fourth-order valence-electron chi connectivity index (χ4n) is 4.46. The third-order valence-corrected chi connectivity index (χ3v) is 7.57. The lowest BCUT2D eigenvalue weighted by atomic mass is 9.77. The Bertz CT molecular complexity index is 1530. The van der Waals surface area contributed by atoms with Crippen LogP contribution < -0.4 is 9.46 Å². The van der Waals surface area contributed by atoms with E-state index in [9.17, 15) is 18.6 Å². The molecule has 1 aliphatic carbocycles. The lowest BCUT2D eigenvalue weighted by molar-refractivity contribution is 0.0803. The van der Waals surface area contributed by atoms with Crippen LogP contribution >= 0.6 is 0 Å². The molecule has 0 bridgehead atoms. The van der Waals surface area contributed by atoms with E-state index < -0.39 is 15.6 Å². The highest BCUT2D eigenvalue weighted by atomic mass is 32.2. The van der Waals surface area contributed by atoms with Crippen LogP contribution in [-0.4, -0.2) is 25.7 Å². The van der Waals surface area contributed by atoms with Crippen LogP contribution in [0.25, 0.3) is 16.8 Å². The van der Waals surface area contributed by atoms with Crippen LogP contribution in [0.3, 0.4) is 0 Å². The number of phenols is 1. The van der Waals surface area contributed by atoms with Crippen molar-refractivity contribution in [2.24, 2.45) is 0 Å². The number of rotatable bonds is 5. The molecule has 0 heterocycles. The normalized spacial score (nSPS) is 17.4. The van der Waals surface area contributed by atoms with Crippen LogP contribution in [0.4, 0.5) is 5.69 Å². The van der Waals surface area contributed by atoms with E-state index in [-0.39, 0.29) is 28.3 Å². The van der Waals surface area contributed by atoms with Crippen molar-refractivity contribution in [1.82, 2.24) is 0 Å². The maximum absolute atomic E-state index is 13.2. The number of sulfonamides is 1. The van der Waals surface area contributed by atoms with Crippen LogP contribution in [0.5, 0.6) is 11.5 Å². The molecule has 5 rings (SSSR count). The van der Waals surface area contributed by atoms with Gasteiger partial charge in [-0.15, -0.1) is 0 Å². The van der Waals surface area contributed by atoms with Crippen molar-refractivity contribution in [3.8, 4) is 11.5 Å². The SMILES string of the molecule is COc1ccc(S(=O)(=O)Nc2cc(C3(O)CC=Cc4ccccc43)c(O)c3ccccc23)cc1. The summed E-state index contributed by atoms with van der Waals surface area (Å²) < 4.78 is 34.2. The molecule has 4 aromatic rings. The van der Waals surface area contributed by atoms with Gasteiger partial charge in [0.1, 0.15) is 17.1 Å². The zero-order valence-corrected chi connectivity index (χ0v) is 19.2. The second-order valence-electron chi connectivity index (χ2n) is 8.20. The first-order valence-corrected chi connectivity index (χ1v) is 12.2. The zero-order chi connectivity index (χ0) is 23.9. The molecule has 0 fully saturated rings. The maximum atomic E-state index is 13.2. The standard InChI is InChI=1S/C27H23NO5S/c1-33-19-12-14-20(15-13-19)34(31,32)28-25-17-24(26(29)22-10-4-3-9-21(22)25)27(30)16-6-8-18-7-2-5-11-23(18)27/h2-15,17,28-30H,16H2,1H3. The summed E-state index contributed by atoms with van der Waals surface area (Å²) in [5.74, 6) is 0.457. The second-order valence-corrected chi connectivity index (χ2v) is 9.88. The molecule has 7 heteroatoms. The number of ether oxygens (including phenoxy) is 1. The van der Waals surface area contributed by atoms with Gasteiger partial charge in [0, 0.05) is 22.8 Å². The molecule has 0 amide bonds. The molecule has 34 heavy (non-hydrogen) atoms. The average Bonchev–Trinajstić information content (AvgIpc) is 2.86. The third kappa shape index (κ3) is 3.59. The minimum Gasteiger partial charge on any atom is -0.507 e.